The maximum atomic E-state index is 11.8. The van der Waals surface area contributed by atoms with Crippen LogP contribution < -0.4 is 0 Å². The van der Waals surface area contributed by atoms with Crippen molar-refractivity contribution < 1.29 is 45.2 Å². The Hall–Kier alpha value is -0.880. The summed E-state index contributed by atoms with van der Waals surface area (Å²) in [5.41, 5.74) is -3.47. The molecule has 9 nitrogen and oxygen atoms in total. The molecule has 1 saturated carbocycles. The molecule has 30 heavy (non-hydrogen) atoms. The van der Waals surface area contributed by atoms with Crippen LogP contribution in [-0.2, 0) is 9.47 Å². The van der Waals surface area contributed by atoms with Crippen LogP contribution in [0.3, 0.4) is 0 Å². The van der Waals surface area contributed by atoms with Crippen LogP contribution in [0.2, 0.25) is 0 Å². The maximum absolute atomic E-state index is 11.8. The van der Waals surface area contributed by atoms with Gasteiger partial charge >= 0.3 is 0 Å². The molecule has 7 N–H and O–H groups in total. The molecule has 0 radical (unpaired) electrons. The van der Waals surface area contributed by atoms with Crippen molar-refractivity contribution in [3.63, 3.8) is 0 Å². The van der Waals surface area contributed by atoms with E-state index in [1.165, 1.54) is 6.08 Å². The minimum Gasteiger partial charge on any atom is -0.394 e. The Labute approximate surface area is 176 Å². The highest BCUT2D eigenvalue weighted by Gasteiger charge is 2.63. The van der Waals surface area contributed by atoms with Crippen molar-refractivity contribution in [2.24, 2.45) is 5.41 Å². The van der Waals surface area contributed by atoms with Gasteiger partial charge in [-0.1, -0.05) is 31.6 Å². The van der Waals surface area contributed by atoms with Gasteiger partial charge in [0.2, 0.25) is 0 Å². The molecule has 0 amide bonds. The van der Waals surface area contributed by atoms with Gasteiger partial charge in [0.25, 0.3) is 0 Å². The summed E-state index contributed by atoms with van der Waals surface area (Å²) in [6.07, 6.45) is -2.97. The van der Waals surface area contributed by atoms with Crippen molar-refractivity contribution in [2.75, 3.05) is 13.2 Å². The Bertz CT molecular complexity index is 646. The molecule has 8 atom stereocenters. The molecule has 174 valence electrons. The summed E-state index contributed by atoms with van der Waals surface area (Å²) in [4.78, 5) is 0. The molecule has 0 bridgehead atoms. The Balaban J connectivity index is 2.42. The van der Waals surface area contributed by atoms with Gasteiger partial charge in [-0.25, -0.2) is 0 Å². The molecule has 0 aromatic carbocycles. The highest BCUT2D eigenvalue weighted by molar-refractivity contribution is 5.28. The van der Waals surface area contributed by atoms with Crippen molar-refractivity contribution in [1.82, 2.24) is 0 Å². The molecule has 0 spiro atoms. The van der Waals surface area contributed by atoms with E-state index in [-0.39, 0.29) is 13.0 Å². The van der Waals surface area contributed by atoms with Gasteiger partial charge < -0.3 is 45.2 Å². The van der Waals surface area contributed by atoms with Gasteiger partial charge in [-0.05, 0) is 32.8 Å². The second-order valence-corrected chi connectivity index (χ2v) is 9.05. The maximum Gasteiger partial charge on any atom is 0.187 e. The molecular weight excluding hydrogens is 396 g/mol. The van der Waals surface area contributed by atoms with Crippen LogP contribution in [0.1, 0.15) is 40.5 Å². The standard InChI is InChI=1S/C21H36O9/c1-12(7-10-22)5-9-21(28)19(2,3)14(24)6-8-20(21,4)30-18-17(27)16(26)15(25)13(11-23)29-18/h5,7,9,13-18,22-28H,6,8,10-11H2,1-4H3/t13-,14+,15-,16+,17-,18+,20-,21-/m1/s1. The quantitative estimate of drug-likeness (QED) is 0.260. The topological polar surface area (TPSA) is 160 Å². The summed E-state index contributed by atoms with van der Waals surface area (Å²) in [7, 11) is 0. The van der Waals surface area contributed by atoms with Gasteiger partial charge in [-0.2, -0.15) is 0 Å². The van der Waals surface area contributed by atoms with Gasteiger partial charge in [0.05, 0.1) is 19.3 Å². The number of aliphatic hydroxyl groups is 7. The number of hydrogen-bond donors (Lipinski definition) is 7. The molecule has 9 heteroatoms. The first-order valence-electron chi connectivity index (χ1n) is 10.2. The molecule has 0 aromatic rings. The molecule has 1 saturated heterocycles. The van der Waals surface area contributed by atoms with E-state index >= 15 is 0 Å². The zero-order valence-electron chi connectivity index (χ0n) is 18.0. The largest absolute Gasteiger partial charge is 0.394 e. The number of allylic oxidation sites excluding steroid dienone is 2. The Morgan fingerprint density at radius 2 is 1.70 bits per heavy atom. The van der Waals surface area contributed by atoms with E-state index < -0.39 is 60.0 Å². The average molecular weight is 433 g/mol. The molecule has 0 aromatic heterocycles. The third-order valence-electron chi connectivity index (χ3n) is 6.74. The summed E-state index contributed by atoms with van der Waals surface area (Å²) in [5, 5.41) is 71.3. The summed E-state index contributed by atoms with van der Waals surface area (Å²) in [6.45, 7) is 6.00. The molecule has 0 unspecified atom stereocenters. The molecule has 1 aliphatic carbocycles. The van der Waals surface area contributed by atoms with E-state index in [4.69, 9.17) is 14.6 Å². The van der Waals surface area contributed by atoms with Crippen LogP contribution in [0.5, 0.6) is 0 Å². The van der Waals surface area contributed by atoms with Crippen molar-refractivity contribution in [2.45, 2.75) is 88.5 Å². The van der Waals surface area contributed by atoms with Gasteiger partial charge in [-0.15, -0.1) is 0 Å². The predicted octanol–water partition coefficient (Wildman–Crippen LogP) is -1.03. The van der Waals surface area contributed by atoms with Crippen LogP contribution >= 0.6 is 0 Å². The predicted molar refractivity (Wildman–Crippen MR) is 107 cm³/mol. The van der Waals surface area contributed by atoms with Gasteiger partial charge in [0.1, 0.15) is 35.6 Å². The first-order valence-corrected chi connectivity index (χ1v) is 10.2. The zero-order chi connectivity index (χ0) is 22.9. The summed E-state index contributed by atoms with van der Waals surface area (Å²) >= 11 is 0. The van der Waals surface area contributed by atoms with Crippen LogP contribution in [0.25, 0.3) is 0 Å². The van der Waals surface area contributed by atoms with E-state index in [0.717, 1.165) is 0 Å². The monoisotopic (exact) mass is 432 g/mol. The lowest BCUT2D eigenvalue weighted by Crippen LogP contribution is -2.70. The lowest BCUT2D eigenvalue weighted by atomic mass is 9.56. The Morgan fingerprint density at radius 3 is 2.27 bits per heavy atom. The molecular formula is C21H36O9. The van der Waals surface area contributed by atoms with Crippen LogP contribution in [0.15, 0.2) is 23.8 Å². The Morgan fingerprint density at radius 1 is 1.07 bits per heavy atom. The fourth-order valence-electron chi connectivity index (χ4n) is 4.32. The van der Waals surface area contributed by atoms with Crippen LogP contribution in [0.4, 0.5) is 0 Å². The SMILES string of the molecule is CC(C=C[C@@]1(O)C(C)(C)[C@@H](O)CC[C@@]1(C)O[C@@H]1O[C@H](CO)[C@@H](O)[C@H](O)[C@H]1O)=CCO. The number of aliphatic hydroxyl groups excluding tert-OH is 6. The second-order valence-electron chi connectivity index (χ2n) is 9.05. The van der Waals surface area contributed by atoms with E-state index in [2.05, 4.69) is 0 Å². The van der Waals surface area contributed by atoms with Crippen molar-refractivity contribution in [3.05, 3.63) is 23.8 Å². The molecule has 1 aliphatic heterocycles. The first-order chi connectivity index (χ1) is 13.8. The summed E-state index contributed by atoms with van der Waals surface area (Å²) in [5.74, 6) is 0. The first kappa shape index (κ1) is 25.4. The lowest BCUT2D eigenvalue weighted by Gasteiger charge is -2.58. The normalized spacial score (nSPS) is 45.1. The minimum atomic E-state index is -1.74. The minimum absolute atomic E-state index is 0.167. The number of rotatable bonds is 6. The van der Waals surface area contributed by atoms with E-state index in [9.17, 15) is 30.6 Å². The highest BCUT2D eigenvalue weighted by Crippen LogP contribution is 2.52. The van der Waals surface area contributed by atoms with Crippen LogP contribution in [-0.4, -0.2) is 97.0 Å². The Kier molecular flexibility index (Phi) is 7.88. The fraction of sp³-hybridized carbons (Fsp3) is 0.810. The van der Waals surface area contributed by atoms with E-state index in [0.29, 0.717) is 12.0 Å². The van der Waals surface area contributed by atoms with Crippen molar-refractivity contribution in [1.29, 1.82) is 0 Å². The van der Waals surface area contributed by atoms with Crippen LogP contribution in [0, 0.1) is 5.41 Å². The van der Waals surface area contributed by atoms with E-state index in [1.807, 2.05) is 0 Å². The lowest BCUT2D eigenvalue weighted by molar-refractivity contribution is -0.357. The van der Waals surface area contributed by atoms with E-state index in [1.54, 1.807) is 39.8 Å². The molecule has 2 aliphatic rings. The number of ether oxygens (including phenoxy) is 2. The smallest absolute Gasteiger partial charge is 0.187 e. The summed E-state index contributed by atoms with van der Waals surface area (Å²) in [6, 6.07) is 0. The number of hydrogen-bond acceptors (Lipinski definition) is 9. The fourth-order valence-corrected chi connectivity index (χ4v) is 4.32. The molecule has 1 heterocycles. The third kappa shape index (κ3) is 4.36. The van der Waals surface area contributed by atoms with Gasteiger partial charge in [0, 0.05) is 5.41 Å². The van der Waals surface area contributed by atoms with Gasteiger partial charge in [-0.3, -0.25) is 0 Å². The molecule has 2 fully saturated rings. The molecule has 2 rings (SSSR count). The summed E-state index contributed by atoms with van der Waals surface area (Å²) < 4.78 is 11.5. The zero-order valence-corrected chi connectivity index (χ0v) is 18.0. The average Bonchev–Trinajstić information content (AvgIpc) is 2.69. The van der Waals surface area contributed by atoms with Crippen molar-refractivity contribution in [3.8, 4) is 0 Å². The van der Waals surface area contributed by atoms with Crippen molar-refractivity contribution >= 4 is 0 Å². The van der Waals surface area contributed by atoms with Gasteiger partial charge in [0.15, 0.2) is 6.29 Å². The second kappa shape index (κ2) is 9.32. The highest BCUT2D eigenvalue weighted by atomic mass is 16.7. The third-order valence-corrected chi connectivity index (χ3v) is 6.74.